The molecule has 3 aromatic rings. The van der Waals surface area contributed by atoms with Gasteiger partial charge in [0.2, 0.25) is 0 Å². The average molecular weight is 381 g/mol. The molecule has 1 aliphatic rings. The van der Waals surface area contributed by atoms with E-state index in [4.69, 9.17) is 4.98 Å². The Hall–Kier alpha value is -2.60. The van der Waals surface area contributed by atoms with Gasteiger partial charge in [0.05, 0.1) is 10.2 Å². The molecule has 5 nitrogen and oxygen atoms in total. The molecule has 2 heterocycles. The van der Waals surface area contributed by atoms with Crippen molar-refractivity contribution in [3.63, 3.8) is 0 Å². The molecule has 1 N–H and O–H groups in total. The van der Waals surface area contributed by atoms with Crippen LogP contribution in [0, 0.1) is 6.92 Å². The van der Waals surface area contributed by atoms with Crippen LogP contribution in [0.25, 0.3) is 10.2 Å². The van der Waals surface area contributed by atoms with Gasteiger partial charge >= 0.3 is 6.03 Å². The summed E-state index contributed by atoms with van der Waals surface area (Å²) >= 11 is 1.73. The molecule has 4 rings (SSSR count). The molecule has 0 spiro atoms. The summed E-state index contributed by atoms with van der Waals surface area (Å²) in [6.45, 7) is 5.87. The molecular weight excluding hydrogens is 356 g/mol. The lowest BCUT2D eigenvalue weighted by Crippen LogP contribution is -2.52. The van der Waals surface area contributed by atoms with E-state index in [9.17, 15) is 4.79 Å². The number of rotatable bonds is 4. The second-order valence-electron chi connectivity index (χ2n) is 6.86. The number of hydrogen-bond donors (Lipinski definition) is 1. The number of aryl methyl sites for hydroxylation is 1. The monoisotopic (exact) mass is 380 g/mol. The highest BCUT2D eigenvalue weighted by atomic mass is 32.1. The number of carbonyl (C=O) groups excluding carboxylic acids is 1. The van der Waals surface area contributed by atoms with Crippen LogP contribution in [0.2, 0.25) is 0 Å². The number of benzene rings is 2. The van der Waals surface area contributed by atoms with Gasteiger partial charge in [-0.05, 0) is 30.5 Å². The lowest BCUT2D eigenvalue weighted by molar-refractivity contribution is 0.194. The Morgan fingerprint density at radius 2 is 1.85 bits per heavy atom. The molecule has 1 aliphatic heterocycles. The number of nitrogens with zero attached hydrogens (tertiary/aromatic N) is 3. The Morgan fingerprint density at radius 1 is 1.07 bits per heavy atom. The number of thiazole rings is 1. The summed E-state index contributed by atoms with van der Waals surface area (Å²) in [6, 6.07) is 16.6. The maximum absolute atomic E-state index is 12.4. The normalized spacial score (nSPS) is 14.6. The van der Waals surface area contributed by atoms with E-state index in [-0.39, 0.29) is 6.03 Å². The quantitative estimate of drug-likeness (QED) is 0.751. The Balaban J connectivity index is 1.29. The topological polar surface area (TPSA) is 48.5 Å². The molecule has 0 aliphatic carbocycles. The Bertz CT molecular complexity index is 916. The van der Waals surface area contributed by atoms with Crippen LogP contribution in [-0.4, -0.2) is 48.6 Å². The fourth-order valence-corrected chi connectivity index (χ4v) is 4.48. The summed E-state index contributed by atoms with van der Waals surface area (Å²) < 4.78 is 1.23. The fraction of sp³-hybridized carbons (Fsp3) is 0.333. The van der Waals surface area contributed by atoms with Crippen LogP contribution in [-0.2, 0) is 6.42 Å². The van der Waals surface area contributed by atoms with Crippen LogP contribution >= 0.6 is 11.3 Å². The van der Waals surface area contributed by atoms with Crippen molar-refractivity contribution >= 4 is 32.7 Å². The van der Waals surface area contributed by atoms with E-state index in [1.165, 1.54) is 15.8 Å². The lowest BCUT2D eigenvalue weighted by Gasteiger charge is -2.34. The van der Waals surface area contributed by atoms with E-state index in [1.807, 2.05) is 23.1 Å². The van der Waals surface area contributed by atoms with Gasteiger partial charge < -0.3 is 15.1 Å². The average Bonchev–Trinajstić information content (AvgIpc) is 3.15. The molecule has 27 heavy (non-hydrogen) atoms. The zero-order valence-electron chi connectivity index (χ0n) is 15.5. The van der Waals surface area contributed by atoms with Crippen molar-refractivity contribution in [2.45, 2.75) is 13.3 Å². The summed E-state index contributed by atoms with van der Waals surface area (Å²) in [5.74, 6) is 0. The van der Waals surface area contributed by atoms with Crippen molar-refractivity contribution in [1.29, 1.82) is 0 Å². The maximum atomic E-state index is 12.4. The lowest BCUT2D eigenvalue weighted by atomic mass is 10.1. The third kappa shape index (κ3) is 4.06. The minimum atomic E-state index is 0.0331. The predicted octanol–water partition coefficient (Wildman–Crippen LogP) is 3.68. The first-order valence-electron chi connectivity index (χ1n) is 9.38. The molecule has 0 radical (unpaired) electrons. The van der Waals surface area contributed by atoms with Crippen molar-refractivity contribution in [2.75, 3.05) is 37.6 Å². The van der Waals surface area contributed by atoms with Crippen LogP contribution in [0.15, 0.2) is 48.5 Å². The number of para-hydroxylation sites is 1. The number of amides is 2. The molecule has 1 fully saturated rings. The van der Waals surface area contributed by atoms with Crippen LogP contribution < -0.4 is 10.2 Å². The van der Waals surface area contributed by atoms with E-state index < -0.39 is 0 Å². The third-order valence-corrected chi connectivity index (χ3v) is 6.06. The summed E-state index contributed by atoms with van der Waals surface area (Å²) in [4.78, 5) is 21.4. The van der Waals surface area contributed by atoms with Crippen LogP contribution in [0.3, 0.4) is 0 Å². The standard InChI is InChI=1S/C21H24N4OS/c1-16-6-5-9-18-19(16)23-21(27-18)25-14-12-24(13-15-25)20(26)22-11-10-17-7-3-2-4-8-17/h2-9H,10-15H2,1H3,(H,22,26). The maximum Gasteiger partial charge on any atom is 0.317 e. The first kappa shape index (κ1) is 17.8. The van der Waals surface area contributed by atoms with E-state index in [1.54, 1.807) is 11.3 Å². The van der Waals surface area contributed by atoms with Gasteiger partial charge in [0.15, 0.2) is 5.13 Å². The van der Waals surface area contributed by atoms with E-state index >= 15 is 0 Å². The molecule has 6 heteroatoms. The highest BCUT2D eigenvalue weighted by Crippen LogP contribution is 2.30. The zero-order chi connectivity index (χ0) is 18.6. The van der Waals surface area contributed by atoms with Gasteiger partial charge in [0.1, 0.15) is 0 Å². The highest BCUT2D eigenvalue weighted by molar-refractivity contribution is 7.22. The summed E-state index contributed by atoms with van der Waals surface area (Å²) in [7, 11) is 0. The van der Waals surface area contributed by atoms with Crippen LogP contribution in [0.5, 0.6) is 0 Å². The fourth-order valence-electron chi connectivity index (χ4n) is 3.38. The Morgan fingerprint density at radius 3 is 2.59 bits per heavy atom. The van der Waals surface area contributed by atoms with Crippen molar-refractivity contribution in [2.24, 2.45) is 0 Å². The van der Waals surface area contributed by atoms with Gasteiger partial charge in [0.25, 0.3) is 0 Å². The van der Waals surface area contributed by atoms with Crippen molar-refractivity contribution in [3.05, 3.63) is 59.7 Å². The third-order valence-electron chi connectivity index (χ3n) is 4.98. The predicted molar refractivity (Wildman–Crippen MR) is 112 cm³/mol. The van der Waals surface area contributed by atoms with Gasteiger partial charge in [-0.3, -0.25) is 0 Å². The molecule has 0 atom stereocenters. The highest BCUT2D eigenvalue weighted by Gasteiger charge is 2.23. The Labute approximate surface area is 163 Å². The minimum Gasteiger partial charge on any atom is -0.345 e. The summed E-state index contributed by atoms with van der Waals surface area (Å²) in [5, 5.41) is 4.10. The van der Waals surface area contributed by atoms with Crippen molar-refractivity contribution in [1.82, 2.24) is 15.2 Å². The molecule has 0 saturated carbocycles. The number of carbonyl (C=O) groups is 1. The minimum absolute atomic E-state index is 0.0331. The van der Waals surface area contributed by atoms with E-state index in [0.29, 0.717) is 6.54 Å². The first-order chi connectivity index (χ1) is 13.2. The van der Waals surface area contributed by atoms with Gasteiger partial charge in [-0.2, -0.15) is 0 Å². The molecule has 2 amide bonds. The van der Waals surface area contributed by atoms with Crippen LogP contribution in [0.1, 0.15) is 11.1 Å². The Kier molecular flexibility index (Phi) is 5.25. The number of hydrogen-bond acceptors (Lipinski definition) is 4. The van der Waals surface area contributed by atoms with Crippen molar-refractivity contribution in [3.8, 4) is 0 Å². The summed E-state index contributed by atoms with van der Waals surface area (Å²) in [5.41, 5.74) is 3.55. The molecular formula is C21H24N4OS. The van der Waals surface area contributed by atoms with Crippen molar-refractivity contribution < 1.29 is 4.79 Å². The SMILES string of the molecule is Cc1cccc2sc(N3CCN(C(=O)NCCc4ccccc4)CC3)nc12. The van der Waals surface area contributed by atoms with Gasteiger partial charge in [-0.15, -0.1) is 0 Å². The molecule has 0 bridgehead atoms. The number of urea groups is 1. The largest absolute Gasteiger partial charge is 0.345 e. The molecule has 1 aromatic heterocycles. The van der Waals surface area contributed by atoms with Crippen LogP contribution in [0.4, 0.5) is 9.93 Å². The second-order valence-corrected chi connectivity index (χ2v) is 7.87. The zero-order valence-corrected chi connectivity index (χ0v) is 16.3. The number of anilines is 1. The first-order valence-corrected chi connectivity index (χ1v) is 10.2. The molecule has 140 valence electrons. The smallest absolute Gasteiger partial charge is 0.317 e. The summed E-state index contributed by atoms with van der Waals surface area (Å²) in [6.07, 6.45) is 0.859. The molecule has 2 aromatic carbocycles. The van der Waals surface area contributed by atoms with Gasteiger partial charge in [-0.25, -0.2) is 9.78 Å². The van der Waals surface area contributed by atoms with E-state index in [2.05, 4.69) is 47.5 Å². The molecule has 0 unspecified atom stereocenters. The van der Waals surface area contributed by atoms with Gasteiger partial charge in [-0.1, -0.05) is 53.8 Å². The number of aromatic nitrogens is 1. The van der Waals surface area contributed by atoms with Gasteiger partial charge in [0, 0.05) is 32.7 Å². The van der Waals surface area contributed by atoms with E-state index in [0.717, 1.165) is 43.2 Å². The second kappa shape index (κ2) is 7.96. The molecule has 1 saturated heterocycles. The number of piperazine rings is 1. The number of fused-ring (bicyclic) bond motifs is 1. The number of nitrogens with one attached hydrogen (secondary N) is 1.